The minimum atomic E-state index is -0.339. The lowest BCUT2D eigenvalue weighted by Crippen LogP contribution is -2.25. The molecule has 1 amide bonds. The first-order valence-electron chi connectivity index (χ1n) is 6.10. The quantitative estimate of drug-likeness (QED) is 0.845. The van der Waals surface area contributed by atoms with Crippen molar-refractivity contribution in [3.8, 4) is 0 Å². The maximum absolute atomic E-state index is 11.8. The van der Waals surface area contributed by atoms with Crippen LogP contribution >= 0.6 is 0 Å². The van der Waals surface area contributed by atoms with Crippen LogP contribution in [0.3, 0.4) is 0 Å². The van der Waals surface area contributed by atoms with Gasteiger partial charge in [0.05, 0.1) is 6.61 Å². The Hall–Kier alpha value is -2.47. The van der Waals surface area contributed by atoms with Crippen LogP contribution in [0.15, 0.2) is 41.2 Å². The molecular formula is C14H15N3O3. The average molecular weight is 273 g/mol. The predicted octanol–water partition coefficient (Wildman–Crippen LogP) is 0.846. The fourth-order valence-corrected chi connectivity index (χ4v) is 1.74. The summed E-state index contributed by atoms with van der Waals surface area (Å²) < 4.78 is 5.06. The van der Waals surface area contributed by atoms with Crippen LogP contribution in [-0.2, 0) is 17.9 Å². The van der Waals surface area contributed by atoms with Gasteiger partial charge in [-0.2, -0.15) is 5.10 Å². The molecule has 1 aromatic heterocycles. The first kappa shape index (κ1) is 14.0. The lowest BCUT2D eigenvalue weighted by Gasteiger charge is -2.06. The van der Waals surface area contributed by atoms with E-state index in [1.54, 1.807) is 7.11 Å². The highest BCUT2D eigenvalue weighted by Gasteiger charge is 2.06. The Balaban J connectivity index is 1.97. The van der Waals surface area contributed by atoms with Gasteiger partial charge in [-0.05, 0) is 17.2 Å². The number of H-pyrrole nitrogens is 1. The van der Waals surface area contributed by atoms with Crippen LogP contribution in [0.2, 0.25) is 0 Å². The van der Waals surface area contributed by atoms with Gasteiger partial charge >= 0.3 is 0 Å². The normalized spacial score (nSPS) is 10.2. The molecule has 0 aliphatic carbocycles. The number of methoxy groups -OCH3 is 1. The van der Waals surface area contributed by atoms with E-state index in [0.29, 0.717) is 13.2 Å². The predicted molar refractivity (Wildman–Crippen MR) is 73.2 cm³/mol. The second kappa shape index (κ2) is 6.63. The lowest BCUT2D eigenvalue weighted by molar-refractivity contribution is 0.0944. The number of carbonyl (C=O) groups excluding carboxylic acids is 1. The SMILES string of the molecule is COCc1cccc(CNC(=O)c2ccc(=O)[nH]n2)c1. The highest BCUT2D eigenvalue weighted by atomic mass is 16.5. The number of rotatable bonds is 5. The van der Waals surface area contributed by atoms with Crippen molar-refractivity contribution in [3.05, 3.63) is 63.6 Å². The molecule has 0 fully saturated rings. The second-order valence-electron chi connectivity index (χ2n) is 4.24. The number of nitrogens with one attached hydrogen (secondary N) is 2. The van der Waals surface area contributed by atoms with E-state index < -0.39 is 0 Å². The number of benzene rings is 1. The molecule has 0 radical (unpaired) electrons. The van der Waals surface area contributed by atoms with Crippen molar-refractivity contribution in [3.63, 3.8) is 0 Å². The van der Waals surface area contributed by atoms with E-state index in [-0.39, 0.29) is 17.2 Å². The Morgan fingerprint density at radius 1 is 1.30 bits per heavy atom. The van der Waals surface area contributed by atoms with Crippen LogP contribution in [0.25, 0.3) is 0 Å². The van der Waals surface area contributed by atoms with E-state index >= 15 is 0 Å². The maximum Gasteiger partial charge on any atom is 0.271 e. The number of hydrogen-bond acceptors (Lipinski definition) is 4. The molecule has 1 aromatic carbocycles. The van der Waals surface area contributed by atoms with E-state index in [1.807, 2.05) is 24.3 Å². The van der Waals surface area contributed by atoms with Gasteiger partial charge in [0.15, 0.2) is 0 Å². The summed E-state index contributed by atoms with van der Waals surface area (Å²) in [5.41, 5.74) is 1.85. The molecule has 1 heterocycles. The van der Waals surface area contributed by atoms with Crippen molar-refractivity contribution in [1.82, 2.24) is 15.5 Å². The number of ether oxygens (including phenoxy) is 1. The molecule has 0 saturated carbocycles. The van der Waals surface area contributed by atoms with Gasteiger partial charge in [0, 0.05) is 19.7 Å². The number of carbonyl (C=O) groups is 1. The van der Waals surface area contributed by atoms with Crippen molar-refractivity contribution in [2.45, 2.75) is 13.2 Å². The maximum atomic E-state index is 11.8. The van der Waals surface area contributed by atoms with Gasteiger partial charge in [-0.25, -0.2) is 5.10 Å². The fraction of sp³-hybridized carbons (Fsp3) is 0.214. The molecule has 0 bridgehead atoms. The molecule has 6 heteroatoms. The number of nitrogens with zero attached hydrogens (tertiary/aromatic N) is 1. The molecule has 0 atom stereocenters. The Morgan fingerprint density at radius 2 is 2.10 bits per heavy atom. The summed E-state index contributed by atoms with van der Waals surface area (Å²) in [5.74, 6) is -0.335. The summed E-state index contributed by atoms with van der Waals surface area (Å²) in [7, 11) is 1.64. The van der Waals surface area contributed by atoms with Crippen molar-refractivity contribution in [2.24, 2.45) is 0 Å². The van der Waals surface area contributed by atoms with Crippen LogP contribution in [0.5, 0.6) is 0 Å². The van der Waals surface area contributed by atoms with Crippen LogP contribution in [0.1, 0.15) is 21.6 Å². The van der Waals surface area contributed by atoms with Gasteiger partial charge in [0.25, 0.3) is 11.5 Å². The minimum Gasteiger partial charge on any atom is -0.380 e. The van der Waals surface area contributed by atoms with E-state index in [4.69, 9.17) is 4.74 Å². The molecule has 0 aliphatic heterocycles. The van der Waals surface area contributed by atoms with Crippen LogP contribution in [-0.4, -0.2) is 23.2 Å². The van der Waals surface area contributed by atoms with Crippen molar-refractivity contribution in [1.29, 1.82) is 0 Å². The summed E-state index contributed by atoms with van der Waals surface area (Å²) in [4.78, 5) is 22.7. The zero-order valence-corrected chi connectivity index (χ0v) is 11.1. The third-order valence-electron chi connectivity index (χ3n) is 2.67. The number of hydrogen-bond donors (Lipinski definition) is 2. The summed E-state index contributed by atoms with van der Waals surface area (Å²) in [6.45, 7) is 0.917. The first-order valence-corrected chi connectivity index (χ1v) is 6.10. The molecule has 2 aromatic rings. The summed E-state index contributed by atoms with van der Waals surface area (Å²) >= 11 is 0. The molecule has 0 saturated heterocycles. The fourth-order valence-electron chi connectivity index (χ4n) is 1.74. The van der Waals surface area contributed by atoms with Crippen molar-refractivity contribution in [2.75, 3.05) is 7.11 Å². The third-order valence-corrected chi connectivity index (χ3v) is 2.67. The standard InChI is InChI=1S/C14H15N3O3/c1-20-9-11-4-2-3-10(7-11)8-15-14(19)12-5-6-13(18)17-16-12/h2-7H,8-9H2,1H3,(H,15,19)(H,17,18). The molecule has 20 heavy (non-hydrogen) atoms. The van der Waals surface area contributed by atoms with Crippen molar-refractivity contribution < 1.29 is 9.53 Å². The summed E-state index contributed by atoms with van der Waals surface area (Å²) in [6.07, 6.45) is 0. The summed E-state index contributed by atoms with van der Waals surface area (Å²) in [5, 5.41) is 8.63. The van der Waals surface area contributed by atoms with Gasteiger partial charge in [-0.1, -0.05) is 24.3 Å². The van der Waals surface area contributed by atoms with Gasteiger partial charge in [0.2, 0.25) is 0 Å². The van der Waals surface area contributed by atoms with Gasteiger partial charge in [0.1, 0.15) is 5.69 Å². The molecule has 104 valence electrons. The lowest BCUT2D eigenvalue weighted by atomic mass is 10.1. The van der Waals surface area contributed by atoms with Crippen LogP contribution in [0.4, 0.5) is 0 Å². The zero-order valence-electron chi connectivity index (χ0n) is 11.1. The molecule has 2 rings (SSSR count). The minimum absolute atomic E-state index is 0.178. The van der Waals surface area contributed by atoms with Crippen LogP contribution < -0.4 is 10.9 Å². The van der Waals surface area contributed by atoms with Crippen molar-refractivity contribution >= 4 is 5.91 Å². The topological polar surface area (TPSA) is 84.1 Å². The Labute approximate surface area is 115 Å². The van der Waals surface area contributed by atoms with Gasteiger partial charge in [-0.15, -0.1) is 0 Å². The van der Waals surface area contributed by atoms with Gasteiger partial charge in [-0.3, -0.25) is 9.59 Å². The van der Waals surface area contributed by atoms with E-state index in [0.717, 1.165) is 11.1 Å². The Morgan fingerprint density at radius 3 is 2.80 bits per heavy atom. The molecule has 0 spiro atoms. The highest BCUT2D eigenvalue weighted by Crippen LogP contribution is 2.06. The largest absolute Gasteiger partial charge is 0.380 e. The average Bonchev–Trinajstić information content (AvgIpc) is 2.46. The molecular weight excluding hydrogens is 258 g/mol. The monoisotopic (exact) mass is 273 g/mol. The molecule has 0 unspecified atom stereocenters. The Bertz CT molecular complexity index is 632. The number of amides is 1. The smallest absolute Gasteiger partial charge is 0.271 e. The summed E-state index contributed by atoms with van der Waals surface area (Å²) in [6, 6.07) is 10.4. The van der Waals surface area contributed by atoms with Gasteiger partial charge < -0.3 is 10.1 Å². The first-order chi connectivity index (χ1) is 9.69. The number of aromatic amines is 1. The Kier molecular flexibility index (Phi) is 4.62. The second-order valence-corrected chi connectivity index (χ2v) is 4.24. The zero-order chi connectivity index (χ0) is 14.4. The van der Waals surface area contributed by atoms with E-state index in [9.17, 15) is 9.59 Å². The van der Waals surface area contributed by atoms with Crippen LogP contribution in [0, 0.1) is 0 Å². The number of aromatic nitrogens is 2. The molecule has 0 aliphatic rings. The molecule has 6 nitrogen and oxygen atoms in total. The highest BCUT2D eigenvalue weighted by molar-refractivity contribution is 5.91. The van der Waals surface area contributed by atoms with E-state index in [2.05, 4.69) is 15.5 Å². The third kappa shape index (κ3) is 3.76. The van der Waals surface area contributed by atoms with E-state index in [1.165, 1.54) is 12.1 Å². The molecule has 2 N–H and O–H groups in total.